The molecule has 0 spiro atoms. The summed E-state index contributed by atoms with van der Waals surface area (Å²) in [6.07, 6.45) is 3.69. The van der Waals surface area contributed by atoms with Gasteiger partial charge in [0, 0.05) is 17.7 Å². The molecule has 23 heavy (non-hydrogen) atoms. The number of benzene rings is 2. The Morgan fingerprint density at radius 1 is 1.00 bits per heavy atom. The van der Waals surface area contributed by atoms with Crippen LogP contribution >= 0.6 is 0 Å². The van der Waals surface area contributed by atoms with Crippen molar-refractivity contribution in [3.05, 3.63) is 53.8 Å². The summed E-state index contributed by atoms with van der Waals surface area (Å²) in [7, 11) is 0. The van der Waals surface area contributed by atoms with E-state index in [0.29, 0.717) is 12.1 Å². The summed E-state index contributed by atoms with van der Waals surface area (Å²) in [6, 6.07) is 13.3. The molecule has 0 bridgehead atoms. The maximum Gasteiger partial charge on any atom is 0.138 e. The molecule has 1 fully saturated rings. The van der Waals surface area contributed by atoms with Gasteiger partial charge in [-0.05, 0) is 38.1 Å². The van der Waals surface area contributed by atoms with Crippen LogP contribution in [0.25, 0.3) is 22.4 Å². The Hall–Kier alpha value is -2.20. The standard InChI is InChI=1S/C19H20FN3/c20-16-9-10-17-18(15(16)13-23-11-5-2-6-12-23)22-19(21-17)14-7-3-1-4-8-14/h1,3-4,7-10H,2,5-6,11-13H2,(H,21,22). The third kappa shape index (κ3) is 2.86. The molecule has 3 aromatic rings. The summed E-state index contributed by atoms with van der Waals surface area (Å²) in [4.78, 5) is 10.3. The number of fused-ring (bicyclic) bond motifs is 1. The van der Waals surface area contributed by atoms with Crippen molar-refractivity contribution >= 4 is 11.0 Å². The van der Waals surface area contributed by atoms with Crippen molar-refractivity contribution in [1.82, 2.24) is 14.9 Å². The summed E-state index contributed by atoms with van der Waals surface area (Å²) in [5.74, 6) is 0.639. The molecule has 118 valence electrons. The zero-order valence-corrected chi connectivity index (χ0v) is 13.1. The van der Waals surface area contributed by atoms with Gasteiger partial charge in [-0.1, -0.05) is 36.8 Å². The van der Waals surface area contributed by atoms with Crippen LogP contribution in [0.4, 0.5) is 4.39 Å². The molecule has 1 aliphatic rings. The van der Waals surface area contributed by atoms with Crippen molar-refractivity contribution < 1.29 is 4.39 Å². The van der Waals surface area contributed by atoms with Crippen LogP contribution in [0.2, 0.25) is 0 Å². The van der Waals surface area contributed by atoms with Gasteiger partial charge in [0.2, 0.25) is 0 Å². The Balaban J connectivity index is 1.74. The molecular weight excluding hydrogens is 289 g/mol. The lowest BCUT2D eigenvalue weighted by atomic mass is 10.1. The highest BCUT2D eigenvalue weighted by atomic mass is 19.1. The number of H-pyrrole nitrogens is 1. The zero-order valence-electron chi connectivity index (χ0n) is 13.1. The number of aromatic nitrogens is 2. The number of likely N-dealkylation sites (tertiary alicyclic amines) is 1. The fraction of sp³-hybridized carbons (Fsp3) is 0.316. The van der Waals surface area contributed by atoms with Crippen LogP contribution in [0, 0.1) is 5.82 Å². The summed E-state index contributed by atoms with van der Waals surface area (Å²) < 4.78 is 14.4. The topological polar surface area (TPSA) is 31.9 Å². The predicted molar refractivity (Wildman–Crippen MR) is 90.6 cm³/mol. The molecule has 0 atom stereocenters. The highest BCUT2D eigenvalue weighted by molar-refractivity contribution is 5.82. The van der Waals surface area contributed by atoms with Gasteiger partial charge in [0.1, 0.15) is 11.6 Å². The number of hydrogen-bond donors (Lipinski definition) is 1. The Labute approximate surface area is 135 Å². The number of rotatable bonds is 3. The summed E-state index contributed by atoms with van der Waals surface area (Å²) in [6.45, 7) is 2.74. The summed E-state index contributed by atoms with van der Waals surface area (Å²) in [5.41, 5.74) is 3.39. The van der Waals surface area contributed by atoms with Crippen molar-refractivity contribution in [1.29, 1.82) is 0 Å². The van der Waals surface area contributed by atoms with E-state index in [1.54, 1.807) is 12.1 Å². The third-order valence-corrected chi connectivity index (χ3v) is 4.58. The van der Waals surface area contributed by atoms with Crippen molar-refractivity contribution in [3.8, 4) is 11.4 Å². The number of nitrogens with one attached hydrogen (secondary N) is 1. The van der Waals surface area contributed by atoms with E-state index in [4.69, 9.17) is 0 Å². The van der Waals surface area contributed by atoms with Gasteiger partial charge in [-0.2, -0.15) is 0 Å². The maximum atomic E-state index is 14.4. The van der Waals surface area contributed by atoms with Crippen LogP contribution in [-0.2, 0) is 6.54 Å². The van der Waals surface area contributed by atoms with Crippen LogP contribution in [-0.4, -0.2) is 28.0 Å². The minimum Gasteiger partial charge on any atom is -0.338 e. The van der Waals surface area contributed by atoms with Gasteiger partial charge < -0.3 is 4.98 Å². The van der Waals surface area contributed by atoms with Crippen LogP contribution in [0.5, 0.6) is 0 Å². The van der Waals surface area contributed by atoms with Crippen molar-refractivity contribution in [3.63, 3.8) is 0 Å². The zero-order chi connectivity index (χ0) is 15.6. The van der Waals surface area contributed by atoms with Gasteiger partial charge >= 0.3 is 0 Å². The van der Waals surface area contributed by atoms with E-state index < -0.39 is 0 Å². The Kier molecular flexibility index (Phi) is 3.83. The summed E-state index contributed by atoms with van der Waals surface area (Å²) >= 11 is 0. The van der Waals surface area contributed by atoms with Crippen molar-refractivity contribution in [2.75, 3.05) is 13.1 Å². The second-order valence-electron chi connectivity index (χ2n) is 6.21. The van der Waals surface area contributed by atoms with Gasteiger partial charge in [0.25, 0.3) is 0 Å². The van der Waals surface area contributed by atoms with E-state index in [1.165, 1.54) is 19.3 Å². The van der Waals surface area contributed by atoms with Crippen molar-refractivity contribution in [2.24, 2.45) is 0 Å². The van der Waals surface area contributed by atoms with Gasteiger partial charge in [0.15, 0.2) is 0 Å². The fourth-order valence-corrected chi connectivity index (χ4v) is 3.33. The molecule has 4 heteroatoms. The molecule has 1 N–H and O–H groups in total. The Bertz CT molecular complexity index is 804. The molecule has 0 aliphatic carbocycles. The second-order valence-corrected chi connectivity index (χ2v) is 6.21. The average molecular weight is 309 g/mol. The highest BCUT2D eigenvalue weighted by Gasteiger charge is 2.17. The lowest BCUT2D eigenvalue weighted by molar-refractivity contribution is 0.219. The number of imidazole rings is 1. The molecule has 0 unspecified atom stereocenters. The number of aromatic amines is 1. The first-order valence-electron chi connectivity index (χ1n) is 8.26. The first-order chi connectivity index (χ1) is 11.3. The number of halogens is 1. The second kappa shape index (κ2) is 6.13. The Morgan fingerprint density at radius 3 is 2.57 bits per heavy atom. The lowest BCUT2D eigenvalue weighted by Crippen LogP contribution is -2.29. The van der Waals surface area contributed by atoms with Gasteiger partial charge in [-0.25, -0.2) is 9.37 Å². The highest BCUT2D eigenvalue weighted by Crippen LogP contribution is 2.26. The number of nitrogens with zero attached hydrogens (tertiary/aromatic N) is 2. The molecule has 4 rings (SSSR count). The van der Waals surface area contributed by atoms with Crippen LogP contribution in [0.3, 0.4) is 0 Å². The normalized spacial score (nSPS) is 16.0. The molecule has 3 nitrogen and oxygen atoms in total. The van der Waals surface area contributed by atoms with Crippen molar-refractivity contribution in [2.45, 2.75) is 25.8 Å². The monoisotopic (exact) mass is 309 g/mol. The molecule has 1 saturated heterocycles. The van der Waals surface area contributed by atoms with Gasteiger partial charge in [-0.3, -0.25) is 4.90 Å². The summed E-state index contributed by atoms with van der Waals surface area (Å²) in [5, 5.41) is 0. The molecule has 1 aromatic heterocycles. The van der Waals surface area contributed by atoms with Crippen LogP contribution < -0.4 is 0 Å². The molecule has 0 radical (unpaired) electrons. The molecule has 0 saturated carbocycles. The van der Waals surface area contributed by atoms with Crippen LogP contribution in [0.15, 0.2) is 42.5 Å². The van der Waals surface area contributed by atoms with Gasteiger partial charge in [-0.15, -0.1) is 0 Å². The predicted octanol–water partition coefficient (Wildman–Crippen LogP) is 4.35. The fourth-order valence-electron chi connectivity index (χ4n) is 3.33. The van der Waals surface area contributed by atoms with E-state index in [-0.39, 0.29) is 5.82 Å². The smallest absolute Gasteiger partial charge is 0.138 e. The average Bonchev–Trinajstić information content (AvgIpc) is 3.04. The largest absolute Gasteiger partial charge is 0.338 e. The molecule has 2 heterocycles. The van der Waals surface area contributed by atoms with E-state index in [0.717, 1.165) is 35.5 Å². The molecule has 0 amide bonds. The first kappa shape index (κ1) is 14.4. The SMILES string of the molecule is Fc1ccc2[nH]c(-c3ccccc3)nc2c1CN1CCCCC1. The quantitative estimate of drug-likeness (QED) is 0.780. The Morgan fingerprint density at radius 2 is 1.78 bits per heavy atom. The number of piperidine rings is 1. The molecule has 1 aliphatic heterocycles. The number of hydrogen-bond acceptors (Lipinski definition) is 2. The minimum absolute atomic E-state index is 0.158. The van der Waals surface area contributed by atoms with E-state index in [1.807, 2.05) is 30.3 Å². The van der Waals surface area contributed by atoms with Crippen LogP contribution in [0.1, 0.15) is 24.8 Å². The van der Waals surface area contributed by atoms with Gasteiger partial charge in [0.05, 0.1) is 11.0 Å². The third-order valence-electron chi connectivity index (χ3n) is 4.58. The first-order valence-corrected chi connectivity index (χ1v) is 8.26. The minimum atomic E-state index is -0.158. The lowest BCUT2D eigenvalue weighted by Gasteiger charge is -2.26. The van der Waals surface area contributed by atoms with E-state index >= 15 is 0 Å². The maximum absolute atomic E-state index is 14.4. The molecular formula is C19H20FN3. The van der Waals surface area contributed by atoms with E-state index in [9.17, 15) is 4.39 Å². The molecule has 2 aromatic carbocycles. The van der Waals surface area contributed by atoms with E-state index in [2.05, 4.69) is 14.9 Å².